The monoisotopic (exact) mass is 258 g/mol. The van der Waals surface area contributed by atoms with E-state index in [2.05, 4.69) is 43.5 Å². The van der Waals surface area contributed by atoms with Crippen LogP contribution in [0.4, 0.5) is 0 Å². The summed E-state index contributed by atoms with van der Waals surface area (Å²) < 4.78 is 0. The maximum Gasteiger partial charge on any atom is 0.0275 e. The van der Waals surface area contributed by atoms with Gasteiger partial charge < -0.3 is 0 Å². The minimum absolute atomic E-state index is 0.496. The molecule has 4 unspecified atom stereocenters. The highest BCUT2D eigenvalue weighted by molar-refractivity contribution is 5.40. The molecule has 19 heavy (non-hydrogen) atoms. The highest BCUT2D eigenvalue weighted by Crippen LogP contribution is 2.62. The van der Waals surface area contributed by atoms with Gasteiger partial charge in [0, 0.05) is 6.04 Å². The van der Waals surface area contributed by atoms with E-state index in [9.17, 15) is 0 Å². The molecular weight excluding hydrogens is 232 g/mol. The number of hydrazine groups is 1. The van der Waals surface area contributed by atoms with Gasteiger partial charge in [-0.25, -0.2) is 0 Å². The average molecular weight is 258 g/mol. The largest absolute Gasteiger partial charge is 0.271 e. The molecule has 1 saturated carbocycles. The first-order chi connectivity index (χ1) is 9.31. The van der Waals surface area contributed by atoms with Crippen LogP contribution in [0.25, 0.3) is 0 Å². The maximum absolute atomic E-state index is 5.89. The van der Waals surface area contributed by atoms with E-state index in [0.717, 1.165) is 17.8 Å². The van der Waals surface area contributed by atoms with Crippen LogP contribution >= 0.6 is 0 Å². The first-order valence-corrected chi connectivity index (χ1v) is 7.85. The van der Waals surface area contributed by atoms with Crippen LogP contribution in [-0.4, -0.2) is 6.04 Å². The third-order valence-corrected chi connectivity index (χ3v) is 5.55. The molecule has 0 radical (unpaired) electrons. The van der Waals surface area contributed by atoms with Gasteiger partial charge in [0.15, 0.2) is 0 Å². The van der Waals surface area contributed by atoms with Crippen LogP contribution in [0.1, 0.15) is 50.2 Å². The van der Waals surface area contributed by atoms with E-state index in [4.69, 9.17) is 5.84 Å². The van der Waals surface area contributed by atoms with Gasteiger partial charge in [-0.05, 0) is 47.6 Å². The molecule has 1 fully saturated rings. The lowest BCUT2D eigenvalue weighted by Gasteiger charge is -2.25. The molecule has 4 atom stereocenters. The third kappa shape index (κ3) is 2.11. The van der Waals surface area contributed by atoms with Crippen molar-refractivity contribution in [3.05, 3.63) is 35.4 Å². The van der Waals surface area contributed by atoms with Crippen LogP contribution in [0.2, 0.25) is 0 Å². The Morgan fingerprint density at radius 1 is 1.26 bits per heavy atom. The predicted molar refractivity (Wildman–Crippen MR) is 79.7 cm³/mol. The number of nitrogens with two attached hydrogens (primary N) is 1. The van der Waals surface area contributed by atoms with Gasteiger partial charge in [-0.15, -0.1) is 0 Å². The molecule has 2 aliphatic carbocycles. The standard InChI is InChI=1S/C17H26N2/c1-3-11(4-2)17(19-18)16-14-10-9-12-7-5-6-8-13(12)15(14)16/h5-8,11,14-17,19H,3-4,9-10,18H2,1-2H3. The summed E-state index contributed by atoms with van der Waals surface area (Å²) in [4.78, 5) is 0. The zero-order chi connectivity index (χ0) is 13.4. The first-order valence-electron chi connectivity index (χ1n) is 7.85. The van der Waals surface area contributed by atoms with Gasteiger partial charge in [0.05, 0.1) is 0 Å². The van der Waals surface area contributed by atoms with Crippen molar-refractivity contribution in [3.8, 4) is 0 Å². The van der Waals surface area contributed by atoms with Crippen molar-refractivity contribution >= 4 is 0 Å². The number of fused-ring (bicyclic) bond motifs is 3. The average Bonchev–Trinajstić information content (AvgIpc) is 3.19. The van der Waals surface area contributed by atoms with E-state index >= 15 is 0 Å². The van der Waals surface area contributed by atoms with Crippen molar-refractivity contribution in [3.63, 3.8) is 0 Å². The van der Waals surface area contributed by atoms with Crippen molar-refractivity contribution in [2.24, 2.45) is 23.6 Å². The summed E-state index contributed by atoms with van der Waals surface area (Å²) in [6.07, 6.45) is 5.06. The summed E-state index contributed by atoms with van der Waals surface area (Å²) in [5.74, 6) is 9.01. The lowest BCUT2D eigenvalue weighted by Crippen LogP contribution is -2.43. The minimum Gasteiger partial charge on any atom is -0.271 e. The molecule has 3 rings (SSSR count). The lowest BCUT2D eigenvalue weighted by molar-refractivity contribution is 0.294. The molecule has 0 bridgehead atoms. The van der Waals surface area contributed by atoms with Crippen molar-refractivity contribution in [1.82, 2.24) is 5.43 Å². The highest BCUT2D eigenvalue weighted by atomic mass is 15.2. The Labute approximate surface area is 116 Å². The van der Waals surface area contributed by atoms with Crippen LogP contribution in [0.15, 0.2) is 24.3 Å². The molecule has 1 aromatic rings. The summed E-state index contributed by atoms with van der Waals surface area (Å²) in [5.41, 5.74) is 6.34. The number of nitrogens with one attached hydrogen (secondary N) is 1. The van der Waals surface area contributed by atoms with Crippen molar-refractivity contribution < 1.29 is 0 Å². The van der Waals surface area contributed by atoms with Crippen LogP contribution in [0.5, 0.6) is 0 Å². The second-order valence-electron chi connectivity index (χ2n) is 6.27. The quantitative estimate of drug-likeness (QED) is 0.628. The van der Waals surface area contributed by atoms with E-state index in [0.29, 0.717) is 12.0 Å². The summed E-state index contributed by atoms with van der Waals surface area (Å²) in [7, 11) is 0. The number of benzene rings is 1. The van der Waals surface area contributed by atoms with Gasteiger partial charge in [0.2, 0.25) is 0 Å². The first kappa shape index (κ1) is 13.1. The van der Waals surface area contributed by atoms with E-state index in [-0.39, 0.29) is 0 Å². The summed E-state index contributed by atoms with van der Waals surface area (Å²) in [5, 5.41) is 0. The molecule has 2 nitrogen and oxygen atoms in total. The number of hydrogen-bond acceptors (Lipinski definition) is 2. The van der Waals surface area contributed by atoms with E-state index in [1.165, 1.54) is 25.7 Å². The molecule has 0 heterocycles. The second kappa shape index (κ2) is 5.26. The number of hydrogen-bond donors (Lipinski definition) is 2. The van der Waals surface area contributed by atoms with Gasteiger partial charge in [0.25, 0.3) is 0 Å². The molecule has 104 valence electrons. The zero-order valence-corrected chi connectivity index (χ0v) is 12.1. The third-order valence-electron chi connectivity index (χ3n) is 5.55. The fourth-order valence-electron chi connectivity index (χ4n) is 4.47. The van der Waals surface area contributed by atoms with Gasteiger partial charge in [-0.3, -0.25) is 11.3 Å². The van der Waals surface area contributed by atoms with Crippen LogP contribution in [0.3, 0.4) is 0 Å². The summed E-state index contributed by atoms with van der Waals surface area (Å²) in [6.45, 7) is 4.58. The summed E-state index contributed by atoms with van der Waals surface area (Å²) >= 11 is 0. The topological polar surface area (TPSA) is 38.0 Å². The highest BCUT2D eigenvalue weighted by Gasteiger charge is 2.56. The van der Waals surface area contributed by atoms with Crippen LogP contribution < -0.4 is 11.3 Å². The van der Waals surface area contributed by atoms with Crippen molar-refractivity contribution in [2.75, 3.05) is 0 Å². The number of rotatable bonds is 5. The molecule has 3 N–H and O–H groups in total. The molecule has 2 heteroatoms. The fourth-order valence-corrected chi connectivity index (χ4v) is 4.47. The van der Waals surface area contributed by atoms with Crippen LogP contribution in [-0.2, 0) is 6.42 Å². The molecule has 0 saturated heterocycles. The van der Waals surface area contributed by atoms with Crippen molar-refractivity contribution in [1.29, 1.82) is 0 Å². The Morgan fingerprint density at radius 3 is 2.68 bits per heavy atom. The fraction of sp³-hybridized carbons (Fsp3) is 0.647. The van der Waals surface area contributed by atoms with E-state index < -0.39 is 0 Å². The molecule has 1 aromatic carbocycles. The number of aryl methyl sites for hydroxylation is 1. The zero-order valence-electron chi connectivity index (χ0n) is 12.1. The smallest absolute Gasteiger partial charge is 0.0275 e. The van der Waals surface area contributed by atoms with Gasteiger partial charge in [-0.2, -0.15) is 0 Å². The van der Waals surface area contributed by atoms with Gasteiger partial charge >= 0.3 is 0 Å². The Bertz CT molecular complexity index is 439. The Hall–Kier alpha value is -0.860. The Morgan fingerprint density at radius 2 is 2.00 bits per heavy atom. The predicted octanol–water partition coefficient (Wildman–Crippen LogP) is 3.23. The molecular formula is C17H26N2. The maximum atomic E-state index is 5.89. The van der Waals surface area contributed by atoms with Gasteiger partial charge in [-0.1, -0.05) is 51.0 Å². The van der Waals surface area contributed by atoms with Crippen LogP contribution in [0, 0.1) is 17.8 Å². The van der Waals surface area contributed by atoms with Gasteiger partial charge in [0.1, 0.15) is 0 Å². The molecule has 0 aromatic heterocycles. The summed E-state index contributed by atoms with van der Waals surface area (Å²) in [6, 6.07) is 9.51. The second-order valence-corrected chi connectivity index (χ2v) is 6.27. The lowest BCUT2D eigenvalue weighted by atomic mass is 9.89. The van der Waals surface area contributed by atoms with E-state index in [1.54, 1.807) is 11.1 Å². The molecule has 0 aliphatic heterocycles. The SMILES string of the molecule is CCC(CC)C(NN)C1C2CCc3ccccc3C21. The molecule has 0 amide bonds. The molecule has 2 aliphatic rings. The van der Waals surface area contributed by atoms with E-state index in [1.807, 2.05) is 0 Å². The Kier molecular flexibility index (Phi) is 3.64. The minimum atomic E-state index is 0.496. The normalized spacial score (nSPS) is 29.8. The van der Waals surface area contributed by atoms with Crippen molar-refractivity contribution in [2.45, 2.75) is 51.5 Å². The Balaban J connectivity index is 1.82. The molecule has 0 spiro atoms.